The minimum absolute atomic E-state index is 0.0860. The molecule has 0 atom stereocenters. The van der Waals surface area contributed by atoms with Crippen molar-refractivity contribution in [1.29, 1.82) is 0 Å². The van der Waals surface area contributed by atoms with Crippen LogP contribution in [0.4, 0.5) is 0 Å². The first kappa shape index (κ1) is 29.1. The number of nitrogens with one attached hydrogen (secondary N) is 3. The number of hydrogen-bond acceptors (Lipinski definition) is 5. The second-order valence-electron chi connectivity index (χ2n) is 9.16. The number of amides is 1. The monoisotopic (exact) mass is 607 g/mol. The quantitative estimate of drug-likeness (QED) is 0.208. The molecule has 1 amide bonds. The molecule has 0 unspecified atom stereocenters. The summed E-state index contributed by atoms with van der Waals surface area (Å²) in [6.07, 6.45) is 0.906. The predicted octanol–water partition coefficient (Wildman–Crippen LogP) is 5.41. The number of sulfonamides is 1. The van der Waals surface area contributed by atoms with Crippen molar-refractivity contribution >= 4 is 59.9 Å². The van der Waals surface area contributed by atoms with E-state index in [2.05, 4.69) is 15.0 Å². The Morgan fingerprint density at radius 3 is 2.08 bits per heavy atom. The third kappa shape index (κ3) is 6.64. The lowest BCUT2D eigenvalue weighted by atomic mass is 10.2. The molecule has 39 heavy (non-hydrogen) atoms. The number of unbranched alkanes of at least 4 members (excludes halogenated alkanes) is 1. The molecule has 1 aromatic heterocycles. The van der Waals surface area contributed by atoms with E-state index in [-0.39, 0.29) is 33.5 Å². The molecule has 0 fully saturated rings. The van der Waals surface area contributed by atoms with Gasteiger partial charge < -0.3 is 10.3 Å². The molecule has 0 aliphatic rings. The summed E-state index contributed by atoms with van der Waals surface area (Å²) in [5.74, 6) is -0.591. The Morgan fingerprint density at radius 1 is 0.795 bits per heavy atom. The van der Waals surface area contributed by atoms with Gasteiger partial charge in [0, 0.05) is 34.0 Å². The average Bonchev–Trinajstić information content (AvgIpc) is 3.25. The van der Waals surface area contributed by atoms with Crippen LogP contribution in [-0.4, -0.2) is 40.8 Å². The van der Waals surface area contributed by atoms with Crippen molar-refractivity contribution in [3.63, 3.8) is 0 Å². The van der Waals surface area contributed by atoms with E-state index in [0.717, 1.165) is 11.1 Å². The number of aryl methyl sites for hydroxylation is 2. The third-order valence-electron chi connectivity index (χ3n) is 6.02. The number of rotatable bonds is 10. The summed E-state index contributed by atoms with van der Waals surface area (Å²) < 4.78 is 54.8. The maximum absolute atomic E-state index is 13.8. The molecule has 8 nitrogen and oxygen atoms in total. The SMILES string of the molecule is Cc1cc(C)cc(S(=O)(=O)c2c(C(=O)NCCCCNS(=O)(=O)c3ccc(Cl)cc3)[nH]c3ccc(Cl)cc23)c1. The van der Waals surface area contributed by atoms with E-state index in [9.17, 15) is 21.6 Å². The van der Waals surface area contributed by atoms with Gasteiger partial charge in [0.05, 0.1) is 9.79 Å². The topological polar surface area (TPSA) is 125 Å². The van der Waals surface area contributed by atoms with Crippen LogP contribution >= 0.6 is 23.2 Å². The summed E-state index contributed by atoms with van der Waals surface area (Å²) in [4.78, 5) is 16.2. The van der Waals surface area contributed by atoms with Crippen LogP contribution in [0.1, 0.15) is 34.5 Å². The first-order chi connectivity index (χ1) is 18.4. The lowest BCUT2D eigenvalue weighted by Crippen LogP contribution is -2.28. The van der Waals surface area contributed by atoms with Crippen molar-refractivity contribution in [3.05, 3.63) is 87.5 Å². The molecule has 4 aromatic rings. The predicted molar refractivity (Wildman–Crippen MR) is 153 cm³/mol. The largest absolute Gasteiger partial charge is 0.351 e. The Kier molecular flexibility index (Phi) is 8.72. The molecule has 12 heteroatoms. The molecule has 4 rings (SSSR count). The maximum atomic E-state index is 13.8. The summed E-state index contributed by atoms with van der Waals surface area (Å²) in [6, 6.07) is 15.6. The summed E-state index contributed by atoms with van der Waals surface area (Å²) in [5.41, 5.74) is 1.94. The molecule has 206 valence electrons. The van der Waals surface area contributed by atoms with Gasteiger partial charge in [-0.15, -0.1) is 0 Å². The minimum atomic E-state index is -4.08. The fraction of sp³-hybridized carbons (Fsp3) is 0.222. The number of H-pyrrole nitrogens is 1. The third-order valence-corrected chi connectivity index (χ3v) is 9.80. The van der Waals surface area contributed by atoms with E-state index >= 15 is 0 Å². The number of benzene rings is 3. The molecule has 0 spiro atoms. The molecule has 3 aromatic carbocycles. The molecule has 0 saturated carbocycles. The van der Waals surface area contributed by atoms with Gasteiger partial charge in [-0.25, -0.2) is 21.6 Å². The molecule has 0 saturated heterocycles. The molecular formula is C27H27Cl2N3O5S2. The smallest absolute Gasteiger partial charge is 0.269 e. The summed E-state index contributed by atoms with van der Waals surface area (Å²) in [7, 11) is -7.76. The number of halogens is 2. The summed E-state index contributed by atoms with van der Waals surface area (Å²) in [5, 5.41) is 3.84. The van der Waals surface area contributed by atoms with Gasteiger partial charge in [0.25, 0.3) is 5.91 Å². The van der Waals surface area contributed by atoms with Crippen LogP contribution in [0.3, 0.4) is 0 Å². The minimum Gasteiger partial charge on any atom is -0.351 e. The van der Waals surface area contributed by atoms with Crippen molar-refractivity contribution in [2.45, 2.75) is 41.4 Å². The van der Waals surface area contributed by atoms with E-state index in [1.807, 2.05) is 6.07 Å². The van der Waals surface area contributed by atoms with Gasteiger partial charge in [-0.1, -0.05) is 29.3 Å². The molecule has 0 radical (unpaired) electrons. The fourth-order valence-corrected chi connectivity index (χ4v) is 7.39. The maximum Gasteiger partial charge on any atom is 0.269 e. The second kappa shape index (κ2) is 11.7. The molecule has 0 aliphatic heterocycles. The van der Waals surface area contributed by atoms with Gasteiger partial charge in [0.15, 0.2) is 0 Å². The first-order valence-corrected chi connectivity index (χ1v) is 15.8. The number of sulfone groups is 1. The number of aromatic amines is 1. The van der Waals surface area contributed by atoms with Crippen molar-refractivity contribution in [1.82, 2.24) is 15.0 Å². The van der Waals surface area contributed by atoms with Crippen LogP contribution in [0, 0.1) is 13.8 Å². The van der Waals surface area contributed by atoms with Crippen LogP contribution in [-0.2, 0) is 19.9 Å². The summed E-state index contributed by atoms with van der Waals surface area (Å²) in [6.45, 7) is 3.99. The first-order valence-electron chi connectivity index (χ1n) is 12.1. The zero-order valence-corrected chi connectivity index (χ0v) is 24.4. The van der Waals surface area contributed by atoms with Gasteiger partial charge in [0.2, 0.25) is 19.9 Å². The fourth-order valence-electron chi connectivity index (χ4n) is 4.23. The van der Waals surface area contributed by atoms with Crippen LogP contribution in [0.2, 0.25) is 10.0 Å². The lowest BCUT2D eigenvalue weighted by Gasteiger charge is -2.10. The Labute approximate surface area is 237 Å². The van der Waals surface area contributed by atoms with Crippen molar-refractivity contribution in [2.75, 3.05) is 13.1 Å². The van der Waals surface area contributed by atoms with Gasteiger partial charge in [-0.05, 0) is 92.4 Å². The number of fused-ring (bicyclic) bond motifs is 1. The zero-order chi connectivity index (χ0) is 28.4. The molecule has 0 aliphatic carbocycles. The van der Waals surface area contributed by atoms with E-state index < -0.39 is 25.8 Å². The van der Waals surface area contributed by atoms with Gasteiger partial charge in [0.1, 0.15) is 10.6 Å². The van der Waals surface area contributed by atoms with Crippen LogP contribution < -0.4 is 10.0 Å². The highest BCUT2D eigenvalue weighted by Gasteiger charge is 2.30. The van der Waals surface area contributed by atoms with E-state index in [1.165, 1.54) is 30.3 Å². The Bertz CT molecular complexity index is 1730. The van der Waals surface area contributed by atoms with Gasteiger partial charge in [-0.3, -0.25) is 4.79 Å². The van der Waals surface area contributed by atoms with Crippen LogP contribution in [0.15, 0.2) is 75.4 Å². The van der Waals surface area contributed by atoms with E-state index in [1.54, 1.807) is 38.1 Å². The van der Waals surface area contributed by atoms with Crippen molar-refractivity contribution < 1.29 is 21.6 Å². The Morgan fingerprint density at radius 2 is 1.41 bits per heavy atom. The standard InChI is InChI=1S/C27H27Cl2N3O5S2/c1-17-13-18(2)15-22(14-17)38(34,35)26-23-16-20(29)7-10-24(23)32-25(26)27(33)30-11-3-4-12-31-39(36,37)21-8-5-19(28)6-9-21/h5-10,13-16,31-32H,3-4,11-12H2,1-2H3,(H,30,33). The number of hydrogen-bond donors (Lipinski definition) is 3. The molecule has 1 heterocycles. The van der Waals surface area contributed by atoms with Gasteiger partial charge >= 0.3 is 0 Å². The Balaban J connectivity index is 1.48. The normalized spacial score (nSPS) is 12.1. The number of carbonyl (C=O) groups excluding carboxylic acids is 1. The Hall–Kier alpha value is -2.89. The van der Waals surface area contributed by atoms with E-state index in [4.69, 9.17) is 23.2 Å². The highest BCUT2D eigenvalue weighted by molar-refractivity contribution is 7.91. The van der Waals surface area contributed by atoms with Crippen molar-refractivity contribution in [2.24, 2.45) is 0 Å². The number of carbonyl (C=O) groups is 1. The van der Waals surface area contributed by atoms with E-state index in [0.29, 0.717) is 33.8 Å². The van der Waals surface area contributed by atoms with Crippen LogP contribution in [0.5, 0.6) is 0 Å². The second-order valence-corrected chi connectivity index (χ2v) is 13.7. The zero-order valence-electron chi connectivity index (χ0n) is 21.2. The molecular weight excluding hydrogens is 581 g/mol. The molecule has 3 N–H and O–H groups in total. The highest BCUT2D eigenvalue weighted by atomic mass is 35.5. The van der Waals surface area contributed by atoms with Crippen LogP contribution in [0.25, 0.3) is 10.9 Å². The lowest BCUT2D eigenvalue weighted by molar-refractivity contribution is 0.0945. The molecule has 0 bridgehead atoms. The van der Waals surface area contributed by atoms with Crippen molar-refractivity contribution in [3.8, 4) is 0 Å². The highest BCUT2D eigenvalue weighted by Crippen LogP contribution is 2.34. The summed E-state index contributed by atoms with van der Waals surface area (Å²) >= 11 is 12.0. The van der Waals surface area contributed by atoms with Gasteiger partial charge in [-0.2, -0.15) is 0 Å². The number of aromatic nitrogens is 1. The average molecular weight is 609 g/mol.